The molecule has 0 saturated heterocycles. The van der Waals surface area contributed by atoms with Gasteiger partial charge in [-0.3, -0.25) is 0 Å². The zero-order valence-electron chi connectivity index (χ0n) is 11.6. The number of fused-ring (bicyclic) bond motifs is 1. The zero-order chi connectivity index (χ0) is 12.9. The van der Waals surface area contributed by atoms with E-state index in [4.69, 9.17) is 0 Å². The minimum absolute atomic E-state index is 0.132. The van der Waals surface area contributed by atoms with Crippen LogP contribution < -0.4 is 0 Å². The number of aliphatic hydroxyl groups is 2. The van der Waals surface area contributed by atoms with Gasteiger partial charge >= 0.3 is 0 Å². The molecule has 0 amide bonds. The molecule has 1 fully saturated rings. The maximum absolute atomic E-state index is 10.3. The maximum Gasteiger partial charge on any atom is 0.101 e. The van der Waals surface area contributed by atoms with Crippen LogP contribution >= 0.6 is 0 Å². The van der Waals surface area contributed by atoms with Gasteiger partial charge in [-0.2, -0.15) is 0 Å². The van der Waals surface area contributed by atoms with Gasteiger partial charge in [0.25, 0.3) is 0 Å². The molecule has 0 bridgehead atoms. The molecule has 0 heterocycles. The second kappa shape index (κ2) is 3.83. The molecule has 2 heteroatoms. The molecule has 2 aliphatic rings. The van der Waals surface area contributed by atoms with Crippen LogP contribution in [0, 0.1) is 10.8 Å². The first-order chi connectivity index (χ1) is 7.69. The molecule has 3 atom stereocenters. The normalized spacial score (nSPS) is 45.8. The summed E-state index contributed by atoms with van der Waals surface area (Å²) in [5.41, 5.74) is 0.784. The molecule has 0 spiro atoms. The Morgan fingerprint density at radius 3 is 2.41 bits per heavy atom. The van der Waals surface area contributed by atoms with Gasteiger partial charge in [-0.05, 0) is 49.9 Å². The molecule has 2 aliphatic carbocycles. The third-order valence-electron chi connectivity index (χ3n) is 5.58. The molecule has 0 aromatic rings. The molecular formula is C15H26O2. The molecule has 3 unspecified atom stereocenters. The Morgan fingerprint density at radius 1 is 1.12 bits per heavy atom. The van der Waals surface area contributed by atoms with E-state index in [0.717, 1.165) is 12.8 Å². The lowest BCUT2D eigenvalue weighted by molar-refractivity contribution is -0.0495. The summed E-state index contributed by atoms with van der Waals surface area (Å²) in [4.78, 5) is 0. The summed E-state index contributed by atoms with van der Waals surface area (Å²) in [7, 11) is 0. The number of allylic oxidation sites excluding steroid dienone is 1. The predicted molar refractivity (Wildman–Crippen MR) is 69.7 cm³/mol. The van der Waals surface area contributed by atoms with E-state index in [1.54, 1.807) is 6.92 Å². The second-order valence-corrected chi connectivity index (χ2v) is 7.06. The monoisotopic (exact) mass is 238 g/mol. The summed E-state index contributed by atoms with van der Waals surface area (Å²) in [5.74, 6) is 0. The highest BCUT2D eigenvalue weighted by Crippen LogP contribution is 2.57. The Kier molecular flexibility index (Phi) is 2.95. The van der Waals surface area contributed by atoms with E-state index in [1.807, 2.05) is 6.08 Å². The molecule has 0 aromatic carbocycles. The van der Waals surface area contributed by atoms with Crippen molar-refractivity contribution >= 4 is 0 Å². The fourth-order valence-corrected chi connectivity index (χ4v) is 3.49. The molecule has 2 N–H and O–H groups in total. The summed E-state index contributed by atoms with van der Waals surface area (Å²) in [5, 5.41) is 20.4. The average Bonchev–Trinajstić information content (AvgIpc) is 2.29. The first kappa shape index (κ1) is 13.1. The SMILES string of the molecule is CC1(O)CCC2(C)C(=CC1O)CCCC2(C)C. The molecule has 2 rings (SSSR count). The summed E-state index contributed by atoms with van der Waals surface area (Å²) in [6.45, 7) is 8.72. The van der Waals surface area contributed by atoms with Crippen molar-refractivity contribution in [3.05, 3.63) is 11.6 Å². The summed E-state index contributed by atoms with van der Waals surface area (Å²) in [6.07, 6.45) is 6.38. The molecule has 2 nitrogen and oxygen atoms in total. The van der Waals surface area contributed by atoms with Gasteiger partial charge in [-0.15, -0.1) is 0 Å². The van der Waals surface area contributed by atoms with Crippen molar-refractivity contribution in [2.24, 2.45) is 10.8 Å². The molecule has 98 valence electrons. The quantitative estimate of drug-likeness (QED) is 0.637. The largest absolute Gasteiger partial charge is 0.387 e. The van der Waals surface area contributed by atoms with E-state index in [9.17, 15) is 10.2 Å². The summed E-state index contributed by atoms with van der Waals surface area (Å²) >= 11 is 0. The van der Waals surface area contributed by atoms with Crippen molar-refractivity contribution in [3.63, 3.8) is 0 Å². The first-order valence-electron chi connectivity index (χ1n) is 6.81. The van der Waals surface area contributed by atoms with Gasteiger partial charge in [0.1, 0.15) is 6.10 Å². The Balaban J connectivity index is 2.42. The fraction of sp³-hybridized carbons (Fsp3) is 0.867. The summed E-state index contributed by atoms with van der Waals surface area (Å²) in [6, 6.07) is 0. The molecule has 0 aliphatic heterocycles. The minimum atomic E-state index is -0.969. The van der Waals surface area contributed by atoms with Crippen molar-refractivity contribution in [1.29, 1.82) is 0 Å². The predicted octanol–water partition coefficient (Wildman–Crippen LogP) is 3.03. The Morgan fingerprint density at radius 2 is 1.76 bits per heavy atom. The van der Waals surface area contributed by atoms with Gasteiger partial charge in [0.15, 0.2) is 0 Å². The van der Waals surface area contributed by atoms with Crippen molar-refractivity contribution in [2.75, 3.05) is 0 Å². The van der Waals surface area contributed by atoms with Crippen LogP contribution in [0.2, 0.25) is 0 Å². The smallest absolute Gasteiger partial charge is 0.101 e. The highest BCUT2D eigenvalue weighted by Gasteiger charge is 2.49. The zero-order valence-corrected chi connectivity index (χ0v) is 11.6. The van der Waals surface area contributed by atoms with Crippen molar-refractivity contribution in [1.82, 2.24) is 0 Å². The highest BCUT2D eigenvalue weighted by molar-refractivity contribution is 5.25. The first-order valence-corrected chi connectivity index (χ1v) is 6.81. The fourth-order valence-electron chi connectivity index (χ4n) is 3.49. The number of aliphatic hydroxyl groups excluding tert-OH is 1. The third kappa shape index (κ3) is 1.96. The number of hydrogen-bond donors (Lipinski definition) is 2. The van der Waals surface area contributed by atoms with E-state index in [0.29, 0.717) is 6.42 Å². The van der Waals surface area contributed by atoms with E-state index in [1.165, 1.54) is 18.4 Å². The van der Waals surface area contributed by atoms with Gasteiger partial charge in [-0.25, -0.2) is 0 Å². The Labute approximate surface area is 105 Å². The lowest BCUT2D eigenvalue weighted by atomic mass is 9.55. The second-order valence-electron chi connectivity index (χ2n) is 7.06. The van der Waals surface area contributed by atoms with Crippen molar-refractivity contribution in [3.8, 4) is 0 Å². The van der Waals surface area contributed by atoms with Gasteiger partial charge < -0.3 is 10.2 Å². The van der Waals surface area contributed by atoms with Crippen molar-refractivity contribution < 1.29 is 10.2 Å². The third-order valence-corrected chi connectivity index (χ3v) is 5.58. The van der Waals surface area contributed by atoms with Crippen molar-refractivity contribution in [2.45, 2.75) is 71.5 Å². The number of hydrogen-bond acceptors (Lipinski definition) is 2. The van der Waals surface area contributed by atoms with E-state index in [-0.39, 0.29) is 10.8 Å². The highest BCUT2D eigenvalue weighted by atomic mass is 16.3. The van der Waals surface area contributed by atoms with E-state index < -0.39 is 11.7 Å². The Bertz CT molecular complexity index is 341. The Hall–Kier alpha value is -0.340. The number of rotatable bonds is 0. The standard InChI is InChI=1S/C15H26O2/c1-13(2)7-5-6-11-10-12(16)15(4,17)9-8-14(11,13)3/h10,12,16-17H,5-9H2,1-4H3. The summed E-state index contributed by atoms with van der Waals surface area (Å²) < 4.78 is 0. The lowest BCUT2D eigenvalue weighted by Gasteiger charge is -2.50. The van der Waals surface area contributed by atoms with E-state index in [2.05, 4.69) is 20.8 Å². The molecule has 0 radical (unpaired) electrons. The molecule has 17 heavy (non-hydrogen) atoms. The van der Waals surface area contributed by atoms with Crippen LogP contribution in [0.5, 0.6) is 0 Å². The minimum Gasteiger partial charge on any atom is -0.387 e. The van der Waals surface area contributed by atoms with Crippen LogP contribution in [0.15, 0.2) is 11.6 Å². The van der Waals surface area contributed by atoms with Gasteiger partial charge in [0, 0.05) is 0 Å². The van der Waals surface area contributed by atoms with Gasteiger partial charge in [0.05, 0.1) is 5.60 Å². The molecule has 0 aromatic heterocycles. The lowest BCUT2D eigenvalue weighted by Crippen LogP contribution is -2.40. The van der Waals surface area contributed by atoms with Crippen LogP contribution in [-0.4, -0.2) is 21.9 Å². The van der Waals surface area contributed by atoms with Crippen LogP contribution in [0.4, 0.5) is 0 Å². The van der Waals surface area contributed by atoms with Crippen LogP contribution in [0.3, 0.4) is 0 Å². The molecule has 1 saturated carbocycles. The topological polar surface area (TPSA) is 40.5 Å². The van der Waals surface area contributed by atoms with Crippen LogP contribution in [0.25, 0.3) is 0 Å². The van der Waals surface area contributed by atoms with Crippen LogP contribution in [0.1, 0.15) is 59.8 Å². The van der Waals surface area contributed by atoms with Crippen LogP contribution in [-0.2, 0) is 0 Å². The van der Waals surface area contributed by atoms with Gasteiger partial charge in [-0.1, -0.05) is 32.4 Å². The van der Waals surface area contributed by atoms with Gasteiger partial charge in [0.2, 0.25) is 0 Å². The maximum atomic E-state index is 10.3. The van der Waals surface area contributed by atoms with E-state index >= 15 is 0 Å². The average molecular weight is 238 g/mol. The molecular weight excluding hydrogens is 212 g/mol.